The molecule has 0 heterocycles. The summed E-state index contributed by atoms with van der Waals surface area (Å²) in [5.74, 6) is -0.170. The Morgan fingerprint density at radius 1 is 1.47 bits per heavy atom. The van der Waals surface area contributed by atoms with E-state index in [0.29, 0.717) is 12.1 Å². The van der Waals surface area contributed by atoms with Crippen LogP contribution >= 0.6 is 0 Å². The Kier molecular flexibility index (Phi) is 4.90. The molecule has 0 aromatic heterocycles. The Hall–Kier alpha value is -1.62. The molecule has 5 heteroatoms. The number of amidine groups is 1. The lowest BCUT2D eigenvalue weighted by atomic mass is 10.1. The molecule has 0 amide bonds. The van der Waals surface area contributed by atoms with Crippen LogP contribution in [0.4, 0.5) is 4.39 Å². The van der Waals surface area contributed by atoms with Crippen molar-refractivity contribution in [3.05, 3.63) is 35.6 Å². The van der Waals surface area contributed by atoms with Crippen LogP contribution in [-0.2, 0) is 0 Å². The maximum absolute atomic E-state index is 13.5. The van der Waals surface area contributed by atoms with E-state index in [9.17, 15) is 4.39 Å². The van der Waals surface area contributed by atoms with Crippen molar-refractivity contribution in [2.24, 2.45) is 16.8 Å². The van der Waals surface area contributed by atoms with Crippen LogP contribution in [0.25, 0.3) is 0 Å². The topological polar surface area (TPSA) is 70.6 Å². The molecule has 0 saturated heterocycles. The van der Waals surface area contributed by atoms with Gasteiger partial charge in [0.15, 0.2) is 0 Å². The summed E-state index contributed by atoms with van der Waals surface area (Å²) in [7, 11) is 0. The molecule has 1 rings (SSSR count). The van der Waals surface area contributed by atoms with Gasteiger partial charge in [-0.15, -0.1) is 0 Å². The van der Waals surface area contributed by atoms with Crippen LogP contribution < -0.4 is 11.1 Å². The average molecular weight is 239 g/mol. The Morgan fingerprint density at radius 3 is 2.71 bits per heavy atom. The van der Waals surface area contributed by atoms with Crippen LogP contribution in [0.1, 0.15) is 25.5 Å². The Bertz CT molecular complexity index is 395. The quantitative estimate of drug-likeness (QED) is 0.318. The van der Waals surface area contributed by atoms with Crippen molar-refractivity contribution in [2.45, 2.75) is 19.9 Å². The highest BCUT2D eigenvalue weighted by molar-refractivity contribution is 5.82. The molecule has 0 aliphatic carbocycles. The number of halogens is 1. The summed E-state index contributed by atoms with van der Waals surface area (Å²) in [6, 6.07) is 6.50. The van der Waals surface area contributed by atoms with Gasteiger partial charge in [0.05, 0.1) is 0 Å². The minimum atomic E-state index is -0.232. The molecular weight excluding hydrogens is 221 g/mol. The highest BCUT2D eigenvalue weighted by atomic mass is 19.1. The first-order valence-electron chi connectivity index (χ1n) is 5.51. The molecule has 4 N–H and O–H groups in total. The van der Waals surface area contributed by atoms with Crippen molar-refractivity contribution < 1.29 is 9.60 Å². The Labute approximate surface area is 100 Å². The lowest BCUT2D eigenvalue weighted by Gasteiger charge is -2.17. The van der Waals surface area contributed by atoms with Crippen LogP contribution in [-0.4, -0.2) is 17.6 Å². The molecule has 0 aliphatic heterocycles. The first-order chi connectivity index (χ1) is 8.06. The van der Waals surface area contributed by atoms with Crippen LogP contribution in [0, 0.1) is 11.7 Å². The predicted octanol–water partition coefficient (Wildman–Crippen LogP) is 1.86. The fraction of sp³-hybridized carbons (Fsp3) is 0.417. The Morgan fingerprint density at radius 2 is 2.12 bits per heavy atom. The van der Waals surface area contributed by atoms with Crippen molar-refractivity contribution in [2.75, 3.05) is 6.54 Å². The third-order valence-corrected chi connectivity index (χ3v) is 2.72. The number of hydrogen-bond donors (Lipinski definition) is 3. The summed E-state index contributed by atoms with van der Waals surface area (Å²) < 4.78 is 13.5. The second kappa shape index (κ2) is 6.20. The summed E-state index contributed by atoms with van der Waals surface area (Å²) >= 11 is 0. The number of rotatable bonds is 5. The summed E-state index contributed by atoms with van der Waals surface area (Å²) in [5.41, 5.74) is 6.07. The molecule has 1 aromatic carbocycles. The number of nitrogens with two attached hydrogens (primary N) is 1. The van der Waals surface area contributed by atoms with E-state index in [4.69, 9.17) is 10.9 Å². The van der Waals surface area contributed by atoms with E-state index in [1.807, 2.05) is 13.8 Å². The summed E-state index contributed by atoms with van der Waals surface area (Å²) in [6.07, 6.45) is 0. The molecule has 2 atom stereocenters. The molecule has 94 valence electrons. The lowest BCUT2D eigenvalue weighted by molar-refractivity contribution is 0.313. The van der Waals surface area contributed by atoms with E-state index in [1.165, 1.54) is 6.07 Å². The van der Waals surface area contributed by atoms with Crippen molar-refractivity contribution in [3.63, 3.8) is 0 Å². The highest BCUT2D eigenvalue weighted by Gasteiger charge is 2.12. The van der Waals surface area contributed by atoms with Gasteiger partial charge < -0.3 is 16.3 Å². The molecule has 0 aliphatic rings. The standard InChI is InChI=1S/C12H18FN3O/c1-8(12(14)16-17)7-15-9(2)10-5-3-4-6-11(10)13/h3-6,8-9,15,17H,7H2,1-2H3,(H2,14,16)/t8?,9-/m1/s1. The van der Waals surface area contributed by atoms with Gasteiger partial charge in [-0.25, -0.2) is 4.39 Å². The van der Waals surface area contributed by atoms with E-state index in [1.54, 1.807) is 18.2 Å². The molecule has 1 unspecified atom stereocenters. The van der Waals surface area contributed by atoms with E-state index in [2.05, 4.69) is 10.5 Å². The van der Waals surface area contributed by atoms with E-state index < -0.39 is 0 Å². The molecule has 0 saturated carbocycles. The lowest BCUT2D eigenvalue weighted by Crippen LogP contribution is -2.32. The molecule has 1 aromatic rings. The molecule has 0 fully saturated rings. The zero-order valence-electron chi connectivity index (χ0n) is 10.0. The third kappa shape index (κ3) is 3.71. The van der Waals surface area contributed by atoms with E-state index in [0.717, 1.165) is 0 Å². The first-order valence-corrected chi connectivity index (χ1v) is 5.51. The van der Waals surface area contributed by atoms with Crippen molar-refractivity contribution in [1.29, 1.82) is 0 Å². The summed E-state index contributed by atoms with van der Waals surface area (Å²) in [4.78, 5) is 0. The van der Waals surface area contributed by atoms with Gasteiger partial charge in [-0.1, -0.05) is 30.3 Å². The van der Waals surface area contributed by atoms with Gasteiger partial charge in [-0.05, 0) is 13.0 Å². The zero-order chi connectivity index (χ0) is 12.8. The van der Waals surface area contributed by atoms with E-state index in [-0.39, 0.29) is 23.6 Å². The van der Waals surface area contributed by atoms with Gasteiger partial charge in [-0.2, -0.15) is 0 Å². The SMILES string of the molecule is CC(CN[C@H](C)c1ccccc1F)/C(N)=N/O. The van der Waals surface area contributed by atoms with Crippen LogP contribution in [0.15, 0.2) is 29.4 Å². The van der Waals surface area contributed by atoms with Gasteiger partial charge in [0, 0.05) is 24.1 Å². The number of oxime groups is 1. The van der Waals surface area contributed by atoms with Crippen LogP contribution in [0.5, 0.6) is 0 Å². The van der Waals surface area contributed by atoms with Crippen LogP contribution in [0.3, 0.4) is 0 Å². The molecule has 0 radical (unpaired) electrons. The maximum atomic E-state index is 13.5. The predicted molar refractivity (Wildman–Crippen MR) is 65.4 cm³/mol. The third-order valence-electron chi connectivity index (χ3n) is 2.72. The second-order valence-corrected chi connectivity index (χ2v) is 4.08. The molecule has 4 nitrogen and oxygen atoms in total. The van der Waals surface area contributed by atoms with Crippen LogP contribution in [0.2, 0.25) is 0 Å². The maximum Gasteiger partial charge on any atom is 0.143 e. The van der Waals surface area contributed by atoms with Crippen molar-refractivity contribution in [1.82, 2.24) is 5.32 Å². The Balaban J connectivity index is 2.56. The summed E-state index contributed by atoms with van der Waals surface area (Å²) in [6.45, 7) is 4.22. The number of hydrogen-bond acceptors (Lipinski definition) is 3. The molecule has 0 spiro atoms. The minimum absolute atomic E-state index is 0.103. The fourth-order valence-corrected chi connectivity index (χ4v) is 1.49. The zero-order valence-corrected chi connectivity index (χ0v) is 10.0. The van der Waals surface area contributed by atoms with Gasteiger partial charge in [0.25, 0.3) is 0 Å². The molecule has 17 heavy (non-hydrogen) atoms. The van der Waals surface area contributed by atoms with Gasteiger partial charge in [-0.3, -0.25) is 0 Å². The van der Waals surface area contributed by atoms with Crippen molar-refractivity contribution in [3.8, 4) is 0 Å². The van der Waals surface area contributed by atoms with Gasteiger partial charge in [0.2, 0.25) is 0 Å². The molecular formula is C12H18FN3O. The number of nitrogens with zero attached hydrogens (tertiary/aromatic N) is 1. The van der Waals surface area contributed by atoms with Gasteiger partial charge >= 0.3 is 0 Å². The minimum Gasteiger partial charge on any atom is -0.409 e. The molecule has 0 bridgehead atoms. The highest BCUT2D eigenvalue weighted by Crippen LogP contribution is 2.16. The normalized spacial score (nSPS) is 15.6. The second-order valence-electron chi connectivity index (χ2n) is 4.08. The average Bonchev–Trinajstić information content (AvgIpc) is 2.35. The fourth-order valence-electron chi connectivity index (χ4n) is 1.49. The van der Waals surface area contributed by atoms with E-state index >= 15 is 0 Å². The largest absolute Gasteiger partial charge is 0.409 e. The first kappa shape index (κ1) is 13.4. The smallest absolute Gasteiger partial charge is 0.143 e. The van der Waals surface area contributed by atoms with Crippen molar-refractivity contribution >= 4 is 5.84 Å². The monoisotopic (exact) mass is 239 g/mol. The number of benzene rings is 1. The van der Waals surface area contributed by atoms with Gasteiger partial charge in [0.1, 0.15) is 11.7 Å². The summed E-state index contributed by atoms with van der Waals surface area (Å²) in [5, 5.41) is 14.6. The number of nitrogens with one attached hydrogen (secondary N) is 1.